The standard InChI is InChI=1S/C17H20FNOS/c1-17(2,3)13-5-8-15(9-6-13)21(20)11-12-4-7-14(19)10-16(12)18/h4-10H,11,19H2,1-3H3. The van der Waals surface area contributed by atoms with Gasteiger partial charge in [0.2, 0.25) is 0 Å². The molecule has 0 aliphatic rings. The topological polar surface area (TPSA) is 43.1 Å². The van der Waals surface area contributed by atoms with Gasteiger partial charge in [-0.1, -0.05) is 39.0 Å². The lowest BCUT2D eigenvalue weighted by molar-refractivity contribution is 0.589. The Bertz CT molecular complexity index is 659. The number of hydrogen-bond acceptors (Lipinski definition) is 2. The maximum Gasteiger partial charge on any atom is 0.129 e. The summed E-state index contributed by atoms with van der Waals surface area (Å²) < 4.78 is 26.1. The van der Waals surface area contributed by atoms with Crippen molar-refractivity contribution in [1.82, 2.24) is 0 Å². The molecule has 2 nitrogen and oxygen atoms in total. The van der Waals surface area contributed by atoms with E-state index in [2.05, 4.69) is 20.8 Å². The maximum absolute atomic E-state index is 13.7. The van der Waals surface area contributed by atoms with Crippen LogP contribution in [0.2, 0.25) is 0 Å². The van der Waals surface area contributed by atoms with Crippen LogP contribution in [0.5, 0.6) is 0 Å². The van der Waals surface area contributed by atoms with Crippen LogP contribution in [-0.4, -0.2) is 4.21 Å². The second-order valence-corrected chi connectivity index (χ2v) is 7.57. The van der Waals surface area contributed by atoms with Gasteiger partial charge in [-0.15, -0.1) is 0 Å². The molecule has 0 fully saturated rings. The molecule has 0 aliphatic heterocycles. The van der Waals surface area contributed by atoms with Crippen molar-refractivity contribution in [1.29, 1.82) is 0 Å². The van der Waals surface area contributed by atoms with E-state index in [-0.39, 0.29) is 11.2 Å². The minimum absolute atomic E-state index is 0.0586. The summed E-state index contributed by atoms with van der Waals surface area (Å²) in [5.41, 5.74) is 7.54. The first kappa shape index (κ1) is 15.7. The fourth-order valence-corrected chi connectivity index (χ4v) is 3.13. The molecule has 2 N–H and O–H groups in total. The third-order valence-electron chi connectivity index (χ3n) is 3.35. The van der Waals surface area contributed by atoms with Gasteiger partial charge in [0.1, 0.15) is 5.82 Å². The van der Waals surface area contributed by atoms with Gasteiger partial charge in [-0.05, 0) is 35.2 Å². The largest absolute Gasteiger partial charge is 0.399 e. The SMILES string of the molecule is CC(C)(C)c1ccc(S(=O)Cc2ccc(N)cc2F)cc1. The van der Waals surface area contributed by atoms with Crippen molar-refractivity contribution >= 4 is 16.5 Å². The molecule has 0 spiro atoms. The summed E-state index contributed by atoms with van der Waals surface area (Å²) >= 11 is 0. The summed E-state index contributed by atoms with van der Waals surface area (Å²) in [6, 6.07) is 12.1. The second-order valence-electron chi connectivity index (χ2n) is 6.12. The van der Waals surface area contributed by atoms with Crippen LogP contribution in [0.15, 0.2) is 47.4 Å². The summed E-state index contributed by atoms with van der Waals surface area (Å²) in [6.07, 6.45) is 0. The Hall–Kier alpha value is -1.68. The van der Waals surface area contributed by atoms with Gasteiger partial charge in [0.05, 0.1) is 16.6 Å². The van der Waals surface area contributed by atoms with Crippen molar-refractivity contribution in [2.24, 2.45) is 0 Å². The molecule has 0 heterocycles. The third kappa shape index (κ3) is 3.91. The molecular weight excluding hydrogens is 285 g/mol. The van der Waals surface area contributed by atoms with Gasteiger partial charge in [-0.25, -0.2) is 4.39 Å². The lowest BCUT2D eigenvalue weighted by atomic mass is 9.87. The smallest absolute Gasteiger partial charge is 0.129 e. The third-order valence-corrected chi connectivity index (χ3v) is 4.72. The van der Waals surface area contributed by atoms with E-state index in [9.17, 15) is 8.60 Å². The predicted molar refractivity (Wildman–Crippen MR) is 86.1 cm³/mol. The van der Waals surface area contributed by atoms with Gasteiger partial charge in [0.25, 0.3) is 0 Å². The Morgan fingerprint density at radius 3 is 2.24 bits per heavy atom. The van der Waals surface area contributed by atoms with E-state index in [1.54, 1.807) is 12.1 Å². The van der Waals surface area contributed by atoms with E-state index < -0.39 is 16.6 Å². The van der Waals surface area contributed by atoms with Crippen molar-refractivity contribution < 1.29 is 8.60 Å². The van der Waals surface area contributed by atoms with E-state index in [1.807, 2.05) is 24.3 Å². The number of rotatable bonds is 3. The number of halogens is 1. The zero-order valence-corrected chi connectivity index (χ0v) is 13.3. The first-order valence-corrected chi connectivity index (χ1v) is 8.12. The van der Waals surface area contributed by atoms with E-state index >= 15 is 0 Å². The van der Waals surface area contributed by atoms with Crippen molar-refractivity contribution in [3.8, 4) is 0 Å². The highest BCUT2D eigenvalue weighted by Crippen LogP contribution is 2.24. The number of benzene rings is 2. The summed E-state index contributed by atoms with van der Waals surface area (Å²) in [5.74, 6) is -0.254. The van der Waals surface area contributed by atoms with Gasteiger partial charge in [-0.3, -0.25) is 4.21 Å². The van der Waals surface area contributed by atoms with Gasteiger partial charge < -0.3 is 5.73 Å². The minimum atomic E-state index is -1.27. The first-order chi connectivity index (χ1) is 9.77. The number of nitrogen functional groups attached to an aromatic ring is 1. The molecule has 0 aliphatic carbocycles. The number of anilines is 1. The second kappa shape index (κ2) is 5.98. The summed E-state index contributed by atoms with van der Waals surface area (Å²) in [5, 5.41) is 0. The molecule has 21 heavy (non-hydrogen) atoms. The minimum Gasteiger partial charge on any atom is -0.399 e. The van der Waals surface area contributed by atoms with Crippen LogP contribution in [0.4, 0.5) is 10.1 Å². The van der Waals surface area contributed by atoms with Crippen molar-refractivity contribution in [3.63, 3.8) is 0 Å². The molecule has 1 unspecified atom stereocenters. The quantitative estimate of drug-likeness (QED) is 0.871. The zero-order chi connectivity index (χ0) is 15.6. The fraction of sp³-hybridized carbons (Fsp3) is 0.294. The van der Waals surface area contributed by atoms with Crippen LogP contribution in [0.1, 0.15) is 31.9 Å². The summed E-state index contributed by atoms with van der Waals surface area (Å²) in [7, 11) is -1.27. The maximum atomic E-state index is 13.7. The number of hydrogen-bond donors (Lipinski definition) is 1. The monoisotopic (exact) mass is 305 g/mol. The fourth-order valence-electron chi connectivity index (χ4n) is 2.01. The van der Waals surface area contributed by atoms with Crippen LogP contribution in [0.3, 0.4) is 0 Å². The zero-order valence-electron chi connectivity index (χ0n) is 12.5. The van der Waals surface area contributed by atoms with Crippen LogP contribution >= 0.6 is 0 Å². The van der Waals surface area contributed by atoms with Crippen molar-refractivity contribution in [2.75, 3.05) is 5.73 Å². The summed E-state index contributed by atoms with van der Waals surface area (Å²) in [4.78, 5) is 0.708. The molecule has 0 saturated carbocycles. The van der Waals surface area contributed by atoms with E-state index in [0.29, 0.717) is 16.1 Å². The van der Waals surface area contributed by atoms with E-state index in [1.165, 1.54) is 11.6 Å². The van der Waals surface area contributed by atoms with E-state index in [0.717, 1.165) is 0 Å². The Morgan fingerprint density at radius 2 is 1.71 bits per heavy atom. The van der Waals surface area contributed by atoms with Crippen LogP contribution < -0.4 is 5.73 Å². The molecule has 2 aromatic rings. The molecule has 4 heteroatoms. The number of nitrogens with two attached hydrogens (primary N) is 1. The van der Waals surface area contributed by atoms with Gasteiger partial charge in [0.15, 0.2) is 0 Å². The molecule has 2 aromatic carbocycles. The molecule has 2 rings (SSSR count). The van der Waals surface area contributed by atoms with Gasteiger partial charge in [-0.2, -0.15) is 0 Å². The molecule has 0 bridgehead atoms. The van der Waals surface area contributed by atoms with E-state index in [4.69, 9.17) is 5.73 Å². The van der Waals surface area contributed by atoms with Crippen molar-refractivity contribution in [2.45, 2.75) is 36.8 Å². The Kier molecular flexibility index (Phi) is 4.47. The van der Waals surface area contributed by atoms with Gasteiger partial charge in [0, 0.05) is 16.1 Å². The molecular formula is C17H20FNOS. The highest BCUT2D eigenvalue weighted by atomic mass is 32.2. The predicted octanol–water partition coefficient (Wildman–Crippen LogP) is 4.01. The molecule has 0 amide bonds. The Balaban J connectivity index is 2.17. The van der Waals surface area contributed by atoms with Crippen molar-refractivity contribution in [3.05, 3.63) is 59.4 Å². The molecule has 1 atom stereocenters. The lowest BCUT2D eigenvalue weighted by Crippen LogP contribution is -2.11. The molecule has 0 saturated heterocycles. The molecule has 112 valence electrons. The van der Waals surface area contributed by atoms with Crippen LogP contribution in [0, 0.1) is 5.82 Å². The normalized spacial score (nSPS) is 13.1. The molecule has 0 aromatic heterocycles. The lowest BCUT2D eigenvalue weighted by Gasteiger charge is -2.19. The average Bonchev–Trinajstić information content (AvgIpc) is 2.41. The summed E-state index contributed by atoms with van der Waals surface area (Å²) in [6.45, 7) is 6.38. The highest BCUT2D eigenvalue weighted by Gasteiger charge is 2.14. The highest BCUT2D eigenvalue weighted by molar-refractivity contribution is 7.84. The Morgan fingerprint density at radius 1 is 1.10 bits per heavy atom. The average molecular weight is 305 g/mol. The van der Waals surface area contributed by atoms with Crippen LogP contribution in [0.25, 0.3) is 0 Å². The molecule has 0 radical (unpaired) electrons. The first-order valence-electron chi connectivity index (χ1n) is 6.80. The van der Waals surface area contributed by atoms with Crippen LogP contribution in [-0.2, 0) is 22.0 Å². The Labute approximate surface area is 127 Å². The van der Waals surface area contributed by atoms with Gasteiger partial charge >= 0.3 is 0 Å².